The van der Waals surface area contributed by atoms with Crippen molar-refractivity contribution in [1.82, 2.24) is 4.90 Å². The van der Waals surface area contributed by atoms with Gasteiger partial charge in [0.2, 0.25) is 0 Å². The smallest absolute Gasteiger partial charge is 0.260 e. The zero-order valence-corrected chi connectivity index (χ0v) is 12.5. The lowest BCUT2D eigenvalue weighted by molar-refractivity contribution is 0.0588. The van der Waals surface area contributed by atoms with E-state index in [-0.39, 0.29) is 16.4 Å². The third kappa shape index (κ3) is 3.08. The van der Waals surface area contributed by atoms with Gasteiger partial charge in [0.05, 0.1) is 0 Å². The van der Waals surface area contributed by atoms with E-state index in [4.69, 9.17) is 11.6 Å². The molecule has 0 bridgehead atoms. The minimum absolute atomic E-state index is 0.0497. The third-order valence-corrected chi connectivity index (χ3v) is 3.95. The molecule has 1 fully saturated rings. The average molecular weight is 353 g/mol. The van der Waals surface area contributed by atoms with Crippen molar-refractivity contribution >= 4 is 33.4 Å². The Morgan fingerprint density at radius 2 is 1.95 bits per heavy atom. The number of benzene rings is 1. The minimum atomic E-state index is -0.851. The molecule has 1 aromatic carbocycles. The number of carbonyl (C=O) groups excluding carboxylic acids is 1. The number of hydrogen-bond donors (Lipinski definition) is 0. The summed E-state index contributed by atoms with van der Waals surface area (Å²) in [5.41, 5.74) is -0.500. The number of nitrogens with zero attached hydrogens (tertiary/aromatic N) is 1. The standard InChI is InChI=1S/C13H13BrClF2NO/c14-8-6-10(16)12(11(17)7-8)13(19)18(5-4-15)9-2-1-3-9/h6-7,9H,1-5H2. The van der Waals surface area contributed by atoms with E-state index in [2.05, 4.69) is 15.9 Å². The molecule has 2 nitrogen and oxygen atoms in total. The fraction of sp³-hybridized carbons (Fsp3) is 0.462. The average Bonchev–Trinajstić information content (AvgIpc) is 2.24. The molecule has 0 radical (unpaired) electrons. The summed E-state index contributed by atoms with van der Waals surface area (Å²) in [6.45, 7) is 0.306. The highest BCUT2D eigenvalue weighted by Crippen LogP contribution is 2.28. The summed E-state index contributed by atoms with van der Waals surface area (Å²) in [5, 5.41) is 0. The first-order chi connectivity index (χ1) is 9.04. The molecule has 1 amide bonds. The maximum absolute atomic E-state index is 13.8. The molecule has 1 aliphatic carbocycles. The van der Waals surface area contributed by atoms with Gasteiger partial charge in [-0.05, 0) is 31.4 Å². The van der Waals surface area contributed by atoms with Crippen molar-refractivity contribution in [1.29, 1.82) is 0 Å². The molecule has 0 saturated heterocycles. The van der Waals surface area contributed by atoms with Crippen molar-refractivity contribution in [2.45, 2.75) is 25.3 Å². The second kappa shape index (κ2) is 6.18. The fourth-order valence-corrected chi connectivity index (χ4v) is 2.71. The number of hydrogen-bond acceptors (Lipinski definition) is 1. The van der Waals surface area contributed by atoms with Crippen molar-refractivity contribution < 1.29 is 13.6 Å². The summed E-state index contributed by atoms with van der Waals surface area (Å²) in [4.78, 5) is 13.8. The lowest BCUT2D eigenvalue weighted by Crippen LogP contribution is -2.45. The van der Waals surface area contributed by atoms with Gasteiger partial charge in [-0.25, -0.2) is 8.78 Å². The van der Waals surface area contributed by atoms with Crippen LogP contribution in [-0.2, 0) is 0 Å². The Morgan fingerprint density at radius 1 is 1.37 bits per heavy atom. The van der Waals surface area contributed by atoms with Gasteiger partial charge in [-0.3, -0.25) is 4.79 Å². The van der Waals surface area contributed by atoms with Gasteiger partial charge >= 0.3 is 0 Å². The molecule has 19 heavy (non-hydrogen) atoms. The van der Waals surface area contributed by atoms with Crippen LogP contribution in [0.25, 0.3) is 0 Å². The van der Waals surface area contributed by atoms with Crippen molar-refractivity contribution in [3.8, 4) is 0 Å². The van der Waals surface area contributed by atoms with Crippen LogP contribution in [0, 0.1) is 11.6 Å². The quantitative estimate of drug-likeness (QED) is 0.751. The predicted octanol–water partition coefficient (Wildman–Crippen LogP) is 3.96. The molecule has 0 unspecified atom stereocenters. The van der Waals surface area contributed by atoms with Gasteiger partial charge < -0.3 is 4.90 Å². The van der Waals surface area contributed by atoms with Crippen LogP contribution in [-0.4, -0.2) is 29.3 Å². The van der Waals surface area contributed by atoms with E-state index < -0.39 is 23.1 Å². The molecule has 0 aromatic heterocycles. The zero-order valence-electron chi connectivity index (χ0n) is 10.1. The predicted molar refractivity (Wildman–Crippen MR) is 73.5 cm³/mol. The Bertz CT molecular complexity index is 471. The molecule has 6 heteroatoms. The number of amides is 1. The second-order valence-corrected chi connectivity index (χ2v) is 5.81. The Balaban J connectivity index is 2.31. The molecule has 104 valence electrons. The Labute approximate surface area is 123 Å². The summed E-state index contributed by atoms with van der Waals surface area (Å²) >= 11 is 8.66. The topological polar surface area (TPSA) is 20.3 Å². The van der Waals surface area contributed by atoms with Crippen LogP contribution in [0.4, 0.5) is 8.78 Å². The van der Waals surface area contributed by atoms with E-state index in [1.165, 1.54) is 4.90 Å². The number of halogens is 4. The summed E-state index contributed by atoms with van der Waals surface area (Å²) < 4.78 is 27.9. The van der Waals surface area contributed by atoms with Crippen LogP contribution in [0.5, 0.6) is 0 Å². The molecule has 0 atom stereocenters. The van der Waals surface area contributed by atoms with Gasteiger partial charge in [0, 0.05) is 22.9 Å². The highest BCUT2D eigenvalue weighted by atomic mass is 79.9. The molecule has 1 saturated carbocycles. The molecule has 0 aliphatic heterocycles. The number of rotatable bonds is 4. The first-order valence-corrected chi connectivity index (χ1v) is 7.39. The van der Waals surface area contributed by atoms with E-state index in [1.54, 1.807) is 0 Å². The zero-order chi connectivity index (χ0) is 14.0. The van der Waals surface area contributed by atoms with Gasteiger partial charge in [-0.2, -0.15) is 0 Å². The molecular weight excluding hydrogens is 340 g/mol. The van der Waals surface area contributed by atoms with Gasteiger partial charge in [-0.1, -0.05) is 15.9 Å². The normalized spacial score (nSPS) is 15.2. The van der Waals surface area contributed by atoms with Crippen LogP contribution >= 0.6 is 27.5 Å². The van der Waals surface area contributed by atoms with Crippen LogP contribution in [0.2, 0.25) is 0 Å². The van der Waals surface area contributed by atoms with E-state index in [9.17, 15) is 13.6 Å². The molecule has 0 heterocycles. The summed E-state index contributed by atoms with van der Waals surface area (Å²) in [6, 6.07) is 2.24. The van der Waals surface area contributed by atoms with Gasteiger partial charge in [-0.15, -0.1) is 11.6 Å². The van der Waals surface area contributed by atoms with Crippen molar-refractivity contribution in [3.63, 3.8) is 0 Å². The van der Waals surface area contributed by atoms with E-state index >= 15 is 0 Å². The Hall–Kier alpha value is -0.680. The van der Waals surface area contributed by atoms with Gasteiger partial charge in [0.1, 0.15) is 17.2 Å². The number of alkyl halides is 1. The lowest BCUT2D eigenvalue weighted by atomic mass is 9.91. The minimum Gasteiger partial charge on any atom is -0.334 e. The molecule has 0 N–H and O–H groups in total. The van der Waals surface area contributed by atoms with Gasteiger partial charge in [0.25, 0.3) is 5.91 Å². The fourth-order valence-electron chi connectivity index (χ4n) is 2.13. The van der Waals surface area contributed by atoms with Crippen LogP contribution in [0.3, 0.4) is 0 Å². The number of carbonyl (C=O) groups is 1. The van der Waals surface area contributed by atoms with Crippen LogP contribution in [0.15, 0.2) is 16.6 Å². The highest BCUT2D eigenvalue weighted by Gasteiger charge is 2.31. The maximum atomic E-state index is 13.8. The Morgan fingerprint density at radius 3 is 2.37 bits per heavy atom. The van der Waals surface area contributed by atoms with Crippen LogP contribution in [0.1, 0.15) is 29.6 Å². The molecular formula is C13H13BrClF2NO. The van der Waals surface area contributed by atoms with E-state index in [0.717, 1.165) is 31.4 Å². The summed E-state index contributed by atoms with van der Waals surface area (Å²) in [6.07, 6.45) is 2.76. The summed E-state index contributed by atoms with van der Waals surface area (Å²) in [7, 11) is 0. The first-order valence-electron chi connectivity index (χ1n) is 6.06. The molecule has 1 aliphatic rings. The SMILES string of the molecule is O=C(c1c(F)cc(Br)cc1F)N(CCCl)C1CCC1. The third-order valence-electron chi connectivity index (χ3n) is 3.32. The monoisotopic (exact) mass is 351 g/mol. The molecule has 2 rings (SSSR count). The first kappa shape index (κ1) is 14.7. The van der Waals surface area contributed by atoms with Crippen molar-refractivity contribution in [2.75, 3.05) is 12.4 Å². The van der Waals surface area contributed by atoms with E-state index in [0.29, 0.717) is 6.54 Å². The van der Waals surface area contributed by atoms with Crippen molar-refractivity contribution in [2.24, 2.45) is 0 Å². The highest BCUT2D eigenvalue weighted by molar-refractivity contribution is 9.10. The maximum Gasteiger partial charge on any atom is 0.260 e. The molecule has 0 spiro atoms. The second-order valence-electron chi connectivity index (χ2n) is 4.52. The lowest BCUT2D eigenvalue weighted by Gasteiger charge is -2.37. The summed E-state index contributed by atoms with van der Waals surface area (Å²) in [5.74, 6) is -2.07. The Kier molecular flexibility index (Phi) is 4.79. The van der Waals surface area contributed by atoms with Crippen molar-refractivity contribution in [3.05, 3.63) is 33.8 Å². The molecule has 1 aromatic rings. The van der Waals surface area contributed by atoms with Gasteiger partial charge in [0.15, 0.2) is 0 Å². The largest absolute Gasteiger partial charge is 0.334 e. The van der Waals surface area contributed by atoms with Crippen LogP contribution < -0.4 is 0 Å². The van der Waals surface area contributed by atoms with E-state index in [1.807, 2.05) is 0 Å².